The molecule has 0 saturated heterocycles. The normalized spacial score (nSPS) is 12.7. The van der Waals surface area contributed by atoms with Gasteiger partial charge in [0, 0.05) is 18.9 Å². The van der Waals surface area contributed by atoms with Gasteiger partial charge in [0.25, 0.3) is 0 Å². The van der Waals surface area contributed by atoms with Gasteiger partial charge >= 0.3 is 0 Å². The second kappa shape index (κ2) is 12.6. The Kier molecular flexibility index (Phi) is 11.7. The van der Waals surface area contributed by atoms with E-state index < -0.39 is 0 Å². The fourth-order valence-electron chi connectivity index (χ4n) is 1.62. The molecule has 6 N–H and O–H groups in total. The summed E-state index contributed by atoms with van der Waals surface area (Å²) in [5.41, 5.74) is 15.8. The number of allylic oxidation sites excluding steroid dienone is 1. The summed E-state index contributed by atoms with van der Waals surface area (Å²) in [6.07, 6.45) is 9.20. The van der Waals surface area contributed by atoms with Gasteiger partial charge in [-0.1, -0.05) is 18.6 Å². The molecule has 0 aromatic heterocycles. The third-order valence-electron chi connectivity index (χ3n) is 2.77. The van der Waals surface area contributed by atoms with Crippen LogP contribution in [0.15, 0.2) is 12.2 Å². The van der Waals surface area contributed by atoms with Crippen LogP contribution in [0.4, 0.5) is 0 Å². The maximum atomic E-state index is 10.6. The Bertz CT molecular complexity index is 306. The summed E-state index contributed by atoms with van der Waals surface area (Å²) in [5, 5.41) is 0. The van der Waals surface area contributed by atoms with E-state index in [9.17, 15) is 9.59 Å². The first-order chi connectivity index (χ1) is 9.52. The van der Waals surface area contributed by atoms with Gasteiger partial charge in [0.1, 0.15) is 0 Å². The average molecular weight is 285 g/mol. The lowest BCUT2D eigenvalue weighted by atomic mass is 10.1. The van der Waals surface area contributed by atoms with Crippen LogP contribution in [0.5, 0.6) is 0 Å². The van der Waals surface area contributed by atoms with E-state index in [4.69, 9.17) is 21.9 Å². The topological polar surface area (TPSA) is 121 Å². The van der Waals surface area contributed by atoms with Crippen LogP contribution in [0.25, 0.3) is 0 Å². The summed E-state index contributed by atoms with van der Waals surface area (Å²) in [4.78, 5) is 21.1. The van der Waals surface area contributed by atoms with Crippen molar-refractivity contribution in [1.82, 2.24) is 0 Å². The summed E-state index contributed by atoms with van der Waals surface area (Å²) in [7, 11) is 0. The molecule has 0 bridgehead atoms. The van der Waals surface area contributed by atoms with E-state index >= 15 is 0 Å². The number of hydrogen-bond donors (Lipinski definition) is 3. The van der Waals surface area contributed by atoms with E-state index in [-0.39, 0.29) is 17.9 Å². The number of ether oxygens (including phenoxy) is 1. The van der Waals surface area contributed by atoms with E-state index in [1.54, 1.807) is 0 Å². The summed E-state index contributed by atoms with van der Waals surface area (Å²) in [5.74, 6) is -0.571. The quantitative estimate of drug-likeness (QED) is 0.338. The van der Waals surface area contributed by atoms with Crippen LogP contribution in [-0.4, -0.2) is 31.1 Å². The highest BCUT2D eigenvalue weighted by Crippen LogP contribution is 2.03. The number of unbranched alkanes of at least 4 members (excludes halogenated alkanes) is 3. The molecule has 6 nitrogen and oxygen atoms in total. The molecule has 0 radical (unpaired) electrons. The van der Waals surface area contributed by atoms with Crippen LogP contribution < -0.4 is 17.2 Å². The van der Waals surface area contributed by atoms with Crippen LogP contribution in [0.2, 0.25) is 0 Å². The predicted molar refractivity (Wildman–Crippen MR) is 78.6 cm³/mol. The molecule has 0 aromatic carbocycles. The highest BCUT2D eigenvalue weighted by Gasteiger charge is 2.04. The second-order valence-electron chi connectivity index (χ2n) is 4.84. The maximum Gasteiger partial charge on any atom is 0.217 e. The Labute approximate surface area is 120 Å². The summed E-state index contributed by atoms with van der Waals surface area (Å²) in [6.45, 7) is 0.946. The number of nitrogens with two attached hydrogens (primary N) is 3. The number of rotatable bonds is 13. The fraction of sp³-hybridized carbons (Fsp3) is 0.714. The van der Waals surface area contributed by atoms with Crippen molar-refractivity contribution >= 4 is 11.8 Å². The summed E-state index contributed by atoms with van der Waals surface area (Å²) >= 11 is 0. The van der Waals surface area contributed by atoms with Crippen LogP contribution in [0.1, 0.15) is 44.9 Å². The Morgan fingerprint density at radius 1 is 1.00 bits per heavy atom. The first-order valence-corrected chi connectivity index (χ1v) is 7.07. The maximum absolute atomic E-state index is 10.6. The van der Waals surface area contributed by atoms with Crippen molar-refractivity contribution in [1.29, 1.82) is 0 Å². The van der Waals surface area contributed by atoms with Crippen molar-refractivity contribution in [2.45, 2.75) is 51.0 Å². The molecule has 1 atom stereocenters. The molecule has 0 rings (SSSR count). The van der Waals surface area contributed by atoms with Crippen molar-refractivity contribution in [2.75, 3.05) is 13.2 Å². The number of primary amides is 2. The van der Waals surface area contributed by atoms with Gasteiger partial charge < -0.3 is 21.9 Å². The highest BCUT2D eigenvalue weighted by atomic mass is 16.5. The van der Waals surface area contributed by atoms with E-state index in [1.165, 1.54) is 0 Å². The standard InChI is InChI=1S/C14H27N3O3/c15-12(8-9-14(17)19)11-20-10-6-4-2-1-3-5-7-13(16)18/h4,6,12H,1-3,5,7-11,15H2,(H2,16,18)(H2,17,19)/b6-4-. The lowest BCUT2D eigenvalue weighted by molar-refractivity contribution is -0.119. The van der Waals surface area contributed by atoms with Gasteiger partial charge in [-0.15, -0.1) is 0 Å². The van der Waals surface area contributed by atoms with Crippen LogP contribution >= 0.6 is 0 Å². The zero-order chi connectivity index (χ0) is 15.2. The summed E-state index contributed by atoms with van der Waals surface area (Å²) in [6, 6.07) is -0.148. The minimum Gasteiger partial charge on any atom is -0.376 e. The first kappa shape index (κ1) is 18.6. The molecule has 0 aliphatic heterocycles. The Morgan fingerprint density at radius 3 is 2.35 bits per heavy atom. The summed E-state index contributed by atoms with van der Waals surface area (Å²) < 4.78 is 5.36. The molecule has 0 aliphatic carbocycles. The third kappa shape index (κ3) is 14.7. The first-order valence-electron chi connectivity index (χ1n) is 7.07. The Morgan fingerprint density at radius 2 is 1.70 bits per heavy atom. The minimum atomic E-state index is -0.336. The SMILES string of the molecule is NC(=O)CCCCC/C=C\COCC(N)CCC(N)=O. The molecule has 0 aromatic rings. The lowest BCUT2D eigenvalue weighted by Gasteiger charge is -2.09. The van der Waals surface area contributed by atoms with Gasteiger partial charge in [-0.2, -0.15) is 0 Å². The average Bonchev–Trinajstić information content (AvgIpc) is 2.38. The molecule has 1 unspecified atom stereocenters. The van der Waals surface area contributed by atoms with Crippen LogP contribution in [0, 0.1) is 0 Å². The number of hydrogen-bond acceptors (Lipinski definition) is 4. The lowest BCUT2D eigenvalue weighted by Crippen LogP contribution is -2.28. The molecule has 0 spiro atoms. The van der Waals surface area contributed by atoms with Crippen molar-refractivity contribution < 1.29 is 14.3 Å². The van der Waals surface area contributed by atoms with Crippen LogP contribution in [0.3, 0.4) is 0 Å². The monoisotopic (exact) mass is 285 g/mol. The molecule has 0 heterocycles. The molecule has 6 heteroatoms. The molecular weight excluding hydrogens is 258 g/mol. The van der Waals surface area contributed by atoms with Crippen molar-refractivity contribution in [3.63, 3.8) is 0 Å². The molecule has 0 aliphatic rings. The fourth-order valence-corrected chi connectivity index (χ4v) is 1.62. The third-order valence-corrected chi connectivity index (χ3v) is 2.77. The van der Waals surface area contributed by atoms with Crippen molar-refractivity contribution in [3.8, 4) is 0 Å². The molecule has 20 heavy (non-hydrogen) atoms. The van der Waals surface area contributed by atoms with Crippen molar-refractivity contribution in [2.24, 2.45) is 17.2 Å². The molecule has 2 amide bonds. The number of carbonyl (C=O) groups is 2. The minimum absolute atomic E-state index is 0.148. The Hall–Kier alpha value is -1.40. The van der Waals surface area contributed by atoms with Gasteiger partial charge in [0.2, 0.25) is 11.8 Å². The van der Waals surface area contributed by atoms with Gasteiger partial charge in [-0.25, -0.2) is 0 Å². The van der Waals surface area contributed by atoms with E-state index in [1.807, 2.05) is 6.08 Å². The second-order valence-corrected chi connectivity index (χ2v) is 4.84. The van der Waals surface area contributed by atoms with E-state index in [0.717, 1.165) is 25.7 Å². The van der Waals surface area contributed by atoms with E-state index in [0.29, 0.717) is 32.5 Å². The van der Waals surface area contributed by atoms with Crippen molar-refractivity contribution in [3.05, 3.63) is 12.2 Å². The predicted octanol–water partition coefficient (Wildman–Crippen LogP) is 0.588. The smallest absolute Gasteiger partial charge is 0.217 e. The highest BCUT2D eigenvalue weighted by molar-refractivity contribution is 5.73. The van der Waals surface area contributed by atoms with Gasteiger partial charge in [-0.3, -0.25) is 9.59 Å². The Balaban J connectivity index is 3.31. The number of carbonyl (C=O) groups excluding carboxylic acids is 2. The zero-order valence-corrected chi connectivity index (χ0v) is 12.1. The van der Waals surface area contributed by atoms with E-state index in [2.05, 4.69) is 6.08 Å². The molecule has 0 fully saturated rings. The van der Waals surface area contributed by atoms with Gasteiger partial charge in [-0.05, 0) is 25.7 Å². The molecular formula is C14H27N3O3. The number of amides is 2. The zero-order valence-electron chi connectivity index (χ0n) is 12.1. The molecule has 116 valence electrons. The van der Waals surface area contributed by atoms with Gasteiger partial charge in [0.05, 0.1) is 13.2 Å². The largest absolute Gasteiger partial charge is 0.376 e. The van der Waals surface area contributed by atoms with Gasteiger partial charge in [0.15, 0.2) is 0 Å². The molecule has 0 saturated carbocycles. The van der Waals surface area contributed by atoms with Crippen LogP contribution in [-0.2, 0) is 14.3 Å².